The van der Waals surface area contributed by atoms with E-state index < -0.39 is 0 Å². The number of fused-ring (bicyclic) bond motifs is 2. The molecule has 130 valence electrons. The van der Waals surface area contributed by atoms with E-state index in [1.807, 2.05) is 18.2 Å². The van der Waals surface area contributed by atoms with Crippen LogP contribution in [0.1, 0.15) is 43.2 Å². The summed E-state index contributed by atoms with van der Waals surface area (Å²) in [5.41, 5.74) is 3.21. The van der Waals surface area contributed by atoms with Crippen molar-refractivity contribution in [1.82, 2.24) is 5.32 Å². The Hall–Kier alpha value is -1.81. The first kappa shape index (κ1) is 17.0. The van der Waals surface area contributed by atoms with Gasteiger partial charge in [0.25, 0.3) is 0 Å². The number of aryl methyl sites for hydroxylation is 2. The minimum absolute atomic E-state index is 0.0738. The highest BCUT2D eigenvalue weighted by Crippen LogP contribution is 2.22. The van der Waals surface area contributed by atoms with Crippen LogP contribution in [0.2, 0.25) is 0 Å². The third-order valence-electron chi connectivity index (χ3n) is 5.49. The molecule has 24 heavy (non-hydrogen) atoms. The second kappa shape index (κ2) is 7.39. The molecule has 2 amide bonds. The smallest absolute Gasteiger partial charge is 0.319 e. The van der Waals surface area contributed by atoms with E-state index in [0.717, 1.165) is 25.1 Å². The summed E-state index contributed by atoms with van der Waals surface area (Å²) < 4.78 is 0. The molecule has 0 saturated carbocycles. The van der Waals surface area contributed by atoms with Gasteiger partial charge in [-0.25, -0.2) is 4.79 Å². The SMILES string of the molecule is C=CC[NH+]1[C@@H]2CCC[C@@H]1CC(NC(=O)Nc1cc(C)cc(C)c1)C2. The topological polar surface area (TPSA) is 45.6 Å². The Kier molecular flexibility index (Phi) is 5.24. The molecule has 3 N–H and O–H groups in total. The van der Waals surface area contributed by atoms with Crippen molar-refractivity contribution in [3.63, 3.8) is 0 Å². The zero-order valence-corrected chi connectivity index (χ0v) is 14.9. The molecular formula is C20H30N3O+. The van der Waals surface area contributed by atoms with Crippen LogP contribution < -0.4 is 15.5 Å². The highest BCUT2D eigenvalue weighted by atomic mass is 16.2. The van der Waals surface area contributed by atoms with Crippen LogP contribution in [0.25, 0.3) is 0 Å². The number of nitrogens with one attached hydrogen (secondary N) is 3. The van der Waals surface area contributed by atoms with Gasteiger partial charge in [-0.15, -0.1) is 0 Å². The van der Waals surface area contributed by atoms with Gasteiger partial charge < -0.3 is 15.5 Å². The third kappa shape index (κ3) is 3.99. The molecule has 0 spiro atoms. The molecule has 0 aliphatic carbocycles. The van der Waals surface area contributed by atoms with Crippen molar-refractivity contribution in [2.75, 3.05) is 11.9 Å². The summed E-state index contributed by atoms with van der Waals surface area (Å²) >= 11 is 0. The number of rotatable bonds is 4. The highest BCUT2D eigenvalue weighted by Gasteiger charge is 2.41. The number of urea groups is 1. The zero-order chi connectivity index (χ0) is 17.1. The van der Waals surface area contributed by atoms with Gasteiger partial charge in [0.15, 0.2) is 0 Å². The minimum atomic E-state index is -0.0738. The fourth-order valence-electron chi connectivity index (χ4n) is 4.65. The van der Waals surface area contributed by atoms with Gasteiger partial charge in [0.1, 0.15) is 0 Å². The number of carbonyl (C=O) groups excluding carboxylic acids is 1. The molecule has 2 aliphatic heterocycles. The molecule has 2 aliphatic rings. The molecule has 2 bridgehead atoms. The van der Waals surface area contributed by atoms with Crippen molar-refractivity contribution in [2.45, 2.75) is 64.1 Å². The molecule has 1 aromatic carbocycles. The Morgan fingerprint density at radius 3 is 2.42 bits per heavy atom. The predicted molar refractivity (Wildman–Crippen MR) is 98.5 cm³/mol. The quantitative estimate of drug-likeness (QED) is 0.731. The van der Waals surface area contributed by atoms with Gasteiger partial charge in [0, 0.05) is 24.6 Å². The first-order valence-electron chi connectivity index (χ1n) is 9.17. The second-order valence-electron chi connectivity index (χ2n) is 7.54. The lowest BCUT2D eigenvalue weighted by Crippen LogP contribution is -3.21. The molecule has 1 aromatic rings. The number of anilines is 1. The third-order valence-corrected chi connectivity index (χ3v) is 5.49. The Balaban J connectivity index is 1.58. The Morgan fingerprint density at radius 1 is 1.21 bits per heavy atom. The van der Waals surface area contributed by atoms with Gasteiger partial charge in [0.2, 0.25) is 0 Å². The monoisotopic (exact) mass is 328 g/mol. The number of hydrogen-bond acceptors (Lipinski definition) is 1. The maximum atomic E-state index is 12.4. The Morgan fingerprint density at radius 2 is 1.83 bits per heavy atom. The molecule has 4 nitrogen and oxygen atoms in total. The van der Waals surface area contributed by atoms with E-state index in [-0.39, 0.29) is 6.03 Å². The lowest BCUT2D eigenvalue weighted by atomic mass is 9.82. The summed E-state index contributed by atoms with van der Waals surface area (Å²) in [4.78, 5) is 14.1. The fourth-order valence-corrected chi connectivity index (χ4v) is 4.65. The summed E-state index contributed by atoms with van der Waals surface area (Å²) in [5, 5.41) is 6.21. The van der Waals surface area contributed by atoms with E-state index in [1.54, 1.807) is 4.90 Å². The van der Waals surface area contributed by atoms with Crippen molar-refractivity contribution in [1.29, 1.82) is 0 Å². The van der Waals surface area contributed by atoms with Gasteiger partial charge in [-0.3, -0.25) is 0 Å². The van der Waals surface area contributed by atoms with E-state index in [9.17, 15) is 4.79 Å². The second-order valence-corrected chi connectivity index (χ2v) is 7.54. The number of hydrogen-bond donors (Lipinski definition) is 3. The van der Waals surface area contributed by atoms with E-state index in [0.29, 0.717) is 18.1 Å². The van der Waals surface area contributed by atoms with E-state index in [4.69, 9.17) is 0 Å². The Labute approximate surface area is 145 Å². The first-order valence-corrected chi connectivity index (χ1v) is 9.17. The van der Waals surface area contributed by atoms with Crippen LogP contribution in [0.3, 0.4) is 0 Å². The average molecular weight is 328 g/mol. The van der Waals surface area contributed by atoms with Crippen LogP contribution in [-0.2, 0) is 0 Å². The van der Waals surface area contributed by atoms with Gasteiger partial charge in [0.05, 0.1) is 18.6 Å². The number of quaternary nitrogens is 1. The molecule has 2 heterocycles. The molecule has 4 heteroatoms. The summed E-state index contributed by atoms with van der Waals surface area (Å²) in [6.45, 7) is 9.06. The zero-order valence-electron chi connectivity index (χ0n) is 14.9. The van der Waals surface area contributed by atoms with Crippen molar-refractivity contribution in [3.8, 4) is 0 Å². The van der Waals surface area contributed by atoms with Gasteiger partial charge in [-0.1, -0.05) is 12.6 Å². The average Bonchev–Trinajstić information content (AvgIpc) is 2.47. The highest BCUT2D eigenvalue weighted by molar-refractivity contribution is 5.89. The lowest BCUT2D eigenvalue weighted by Gasteiger charge is -2.45. The number of amides is 2. The fraction of sp³-hybridized carbons (Fsp3) is 0.550. The Bertz CT molecular complexity index is 579. The van der Waals surface area contributed by atoms with Crippen LogP contribution in [0.15, 0.2) is 30.9 Å². The maximum absolute atomic E-state index is 12.4. The molecular weight excluding hydrogens is 298 g/mol. The number of piperidine rings is 2. The van der Waals surface area contributed by atoms with Crippen molar-refractivity contribution in [2.24, 2.45) is 0 Å². The van der Waals surface area contributed by atoms with Crippen LogP contribution >= 0.6 is 0 Å². The first-order chi connectivity index (χ1) is 11.5. The molecule has 0 unspecified atom stereocenters. The molecule has 2 saturated heterocycles. The van der Waals surface area contributed by atoms with Gasteiger partial charge in [-0.05, 0) is 62.4 Å². The summed E-state index contributed by atoms with van der Waals surface area (Å²) in [7, 11) is 0. The van der Waals surface area contributed by atoms with Gasteiger partial charge >= 0.3 is 6.03 Å². The largest absolute Gasteiger partial charge is 0.335 e. The minimum Gasteiger partial charge on any atom is -0.335 e. The van der Waals surface area contributed by atoms with Crippen molar-refractivity contribution in [3.05, 3.63) is 42.0 Å². The predicted octanol–water partition coefficient (Wildman–Crippen LogP) is 2.58. The number of benzene rings is 1. The summed E-state index contributed by atoms with van der Waals surface area (Å²) in [6, 6.07) is 7.69. The van der Waals surface area contributed by atoms with Crippen LogP contribution in [0, 0.1) is 13.8 Å². The maximum Gasteiger partial charge on any atom is 0.319 e. The van der Waals surface area contributed by atoms with E-state index in [2.05, 4.69) is 37.1 Å². The molecule has 0 aromatic heterocycles. The molecule has 3 rings (SSSR count). The van der Waals surface area contributed by atoms with Crippen molar-refractivity contribution >= 4 is 11.7 Å². The summed E-state index contributed by atoms with van der Waals surface area (Å²) in [6.07, 6.45) is 8.09. The van der Waals surface area contributed by atoms with Crippen LogP contribution in [0.4, 0.5) is 10.5 Å². The van der Waals surface area contributed by atoms with E-state index in [1.165, 1.54) is 30.4 Å². The van der Waals surface area contributed by atoms with Crippen LogP contribution in [-0.4, -0.2) is 30.7 Å². The summed E-state index contributed by atoms with van der Waals surface area (Å²) in [5.74, 6) is 0. The van der Waals surface area contributed by atoms with Gasteiger partial charge in [-0.2, -0.15) is 0 Å². The molecule has 2 atom stereocenters. The number of carbonyl (C=O) groups is 1. The van der Waals surface area contributed by atoms with Crippen molar-refractivity contribution < 1.29 is 9.69 Å². The molecule has 2 fully saturated rings. The normalized spacial score (nSPS) is 28.9. The molecule has 0 radical (unpaired) electrons. The van der Waals surface area contributed by atoms with Crippen LogP contribution in [0.5, 0.6) is 0 Å². The lowest BCUT2D eigenvalue weighted by molar-refractivity contribution is -0.955. The standard InChI is InChI=1S/C20H29N3O/c1-4-8-23-18-6-5-7-19(23)13-17(12-18)22-20(24)21-16-10-14(2)9-15(3)11-16/h4,9-11,17-19H,1,5-8,12-13H2,2-3H3,(H2,21,22,24)/p+1/t18-,19-/m1/s1. The van der Waals surface area contributed by atoms with E-state index >= 15 is 0 Å².